The molecule has 0 aromatic heterocycles. The third-order valence-corrected chi connectivity index (χ3v) is 1.89. The van der Waals surface area contributed by atoms with Gasteiger partial charge in [0.2, 0.25) is 0 Å². The highest BCUT2D eigenvalue weighted by atomic mass is 35.5. The lowest BCUT2D eigenvalue weighted by molar-refractivity contribution is 0.469. The Hall–Kier alpha value is -0.400. The highest BCUT2D eigenvalue weighted by Crippen LogP contribution is 2.32. The molecule has 1 aromatic carbocycles. The molecule has 0 aliphatic carbocycles. The summed E-state index contributed by atoms with van der Waals surface area (Å²) in [5, 5.41) is 9.29. The van der Waals surface area contributed by atoms with Gasteiger partial charge >= 0.3 is 0 Å². The van der Waals surface area contributed by atoms with E-state index in [1.165, 1.54) is 0 Å². The minimum atomic E-state index is -0.657. The monoisotopic (exact) mass is 190 g/mol. The van der Waals surface area contributed by atoms with Crippen molar-refractivity contribution in [1.82, 2.24) is 0 Å². The number of alkyl halides is 2. The van der Waals surface area contributed by atoms with Crippen molar-refractivity contribution in [3.05, 3.63) is 29.3 Å². The van der Waals surface area contributed by atoms with Crippen LogP contribution in [0.15, 0.2) is 18.2 Å². The summed E-state index contributed by atoms with van der Waals surface area (Å²) in [5.74, 6) is 0.153. The van der Waals surface area contributed by atoms with E-state index in [0.29, 0.717) is 5.56 Å². The number of aryl methyl sites for hydroxylation is 1. The van der Waals surface area contributed by atoms with Crippen LogP contribution in [0.4, 0.5) is 0 Å². The molecule has 0 heterocycles. The van der Waals surface area contributed by atoms with Crippen LogP contribution in [0, 0.1) is 6.92 Å². The van der Waals surface area contributed by atoms with E-state index < -0.39 is 4.84 Å². The molecule has 3 heteroatoms. The van der Waals surface area contributed by atoms with Crippen molar-refractivity contribution in [2.45, 2.75) is 11.8 Å². The first-order valence-electron chi connectivity index (χ1n) is 3.19. The standard InChI is InChI=1S/C8H8Cl2O/c1-5-2-3-6(8(9)10)7(11)4-5/h2-4,8,11H,1H3. The van der Waals surface area contributed by atoms with Gasteiger partial charge < -0.3 is 5.11 Å². The Labute approximate surface area is 75.6 Å². The topological polar surface area (TPSA) is 20.2 Å². The molecule has 60 valence electrons. The molecule has 11 heavy (non-hydrogen) atoms. The van der Waals surface area contributed by atoms with Gasteiger partial charge in [0.15, 0.2) is 0 Å². The maximum Gasteiger partial charge on any atom is 0.136 e. The molecule has 0 aliphatic rings. The predicted molar refractivity (Wildman–Crippen MR) is 47.3 cm³/mol. The number of phenols is 1. The fraction of sp³-hybridized carbons (Fsp3) is 0.250. The molecular formula is C8H8Cl2O. The van der Waals surface area contributed by atoms with E-state index in [9.17, 15) is 5.11 Å². The van der Waals surface area contributed by atoms with Gasteiger partial charge in [-0.25, -0.2) is 0 Å². The first kappa shape index (κ1) is 8.69. The van der Waals surface area contributed by atoms with Gasteiger partial charge in [-0.1, -0.05) is 35.3 Å². The molecule has 0 unspecified atom stereocenters. The highest BCUT2D eigenvalue weighted by Gasteiger charge is 2.07. The summed E-state index contributed by atoms with van der Waals surface area (Å²) >= 11 is 11.1. The third-order valence-electron chi connectivity index (χ3n) is 1.42. The van der Waals surface area contributed by atoms with Crippen molar-refractivity contribution in [1.29, 1.82) is 0 Å². The van der Waals surface area contributed by atoms with Crippen molar-refractivity contribution < 1.29 is 5.11 Å². The smallest absolute Gasteiger partial charge is 0.136 e. The van der Waals surface area contributed by atoms with Crippen LogP contribution in [0.3, 0.4) is 0 Å². The van der Waals surface area contributed by atoms with Crippen LogP contribution in [-0.2, 0) is 0 Å². The highest BCUT2D eigenvalue weighted by molar-refractivity contribution is 6.44. The molecule has 1 aromatic rings. The van der Waals surface area contributed by atoms with Gasteiger partial charge in [0.1, 0.15) is 10.6 Å². The third kappa shape index (κ3) is 2.01. The fourth-order valence-corrected chi connectivity index (χ4v) is 1.21. The van der Waals surface area contributed by atoms with Gasteiger partial charge in [-0.2, -0.15) is 0 Å². The van der Waals surface area contributed by atoms with Gasteiger partial charge in [0, 0.05) is 5.56 Å². The lowest BCUT2D eigenvalue weighted by Gasteiger charge is -2.04. The molecule has 1 rings (SSSR count). The molecule has 0 bridgehead atoms. The van der Waals surface area contributed by atoms with Crippen molar-refractivity contribution >= 4 is 23.2 Å². The zero-order valence-electron chi connectivity index (χ0n) is 6.01. The maximum atomic E-state index is 9.29. The average Bonchev–Trinajstić information content (AvgIpc) is 1.85. The SMILES string of the molecule is Cc1ccc(C(Cl)Cl)c(O)c1. The van der Waals surface area contributed by atoms with Crippen LogP contribution in [0.1, 0.15) is 16.0 Å². The number of hydrogen-bond donors (Lipinski definition) is 1. The molecule has 0 radical (unpaired) electrons. The molecule has 0 spiro atoms. The van der Waals surface area contributed by atoms with E-state index in [-0.39, 0.29) is 5.75 Å². The van der Waals surface area contributed by atoms with Gasteiger partial charge in [-0.3, -0.25) is 0 Å². The molecular weight excluding hydrogens is 183 g/mol. The van der Waals surface area contributed by atoms with Crippen LogP contribution in [0.2, 0.25) is 0 Å². The summed E-state index contributed by atoms with van der Waals surface area (Å²) in [5.41, 5.74) is 1.54. The summed E-state index contributed by atoms with van der Waals surface area (Å²) in [6.45, 7) is 1.89. The zero-order valence-corrected chi connectivity index (χ0v) is 7.52. The van der Waals surface area contributed by atoms with E-state index in [4.69, 9.17) is 23.2 Å². The Balaban J connectivity index is 3.09. The van der Waals surface area contributed by atoms with E-state index >= 15 is 0 Å². The Morgan fingerprint density at radius 3 is 2.45 bits per heavy atom. The largest absolute Gasteiger partial charge is 0.508 e. The van der Waals surface area contributed by atoms with Crippen molar-refractivity contribution in [2.24, 2.45) is 0 Å². The molecule has 0 amide bonds. The zero-order chi connectivity index (χ0) is 8.43. The van der Waals surface area contributed by atoms with Crippen molar-refractivity contribution in [2.75, 3.05) is 0 Å². The fourth-order valence-electron chi connectivity index (χ4n) is 0.838. The van der Waals surface area contributed by atoms with Crippen LogP contribution in [-0.4, -0.2) is 5.11 Å². The van der Waals surface area contributed by atoms with Gasteiger partial charge in [0.25, 0.3) is 0 Å². The number of hydrogen-bond acceptors (Lipinski definition) is 1. The molecule has 1 nitrogen and oxygen atoms in total. The van der Waals surface area contributed by atoms with Crippen LogP contribution >= 0.6 is 23.2 Å². The van der Waals surface area contributed by atoms with E-state index in [1.54, 1.807) is 12.1 Å². The number of aromatic hydroxyl groups is 1. The second kappa shape index (κ2) is 3.33. The van der Waals surface area contributed by atoms with Gasteiger partial charge in [-0.15, -0.1) is 0 Å². The Morgan fingerprint density at radius 1 is 1.36 bits per heavy atom. The number of rotatable bonds is 1. The first-order chi connectivity index (χ1) is 5.11. The lowest BCUT2D eigenvalue weighted by Crippen LogP contribution is -1.83. The van der Waals surface area contributed by atoms with Crippen molar-refractivity contribution in [3.8, 4) is 5.75 Å². The van der Waals surface area contributed by atoms with Gasteiger partial charge in [0.05, 0.1) is 0 Å². The summed E-state index contributed by atoms with van der Waals surface area (Å²) < 4.78 is 0. The summed E-state index contributed by atoms with van der Waals surface area (Å²) in [6.07, 6.45) is 0. The van der Waals surface area contributed by atoms with Crippen LogP contribution in [0.5, 0.6) is 5.75 Å². The molecule has 0 fully saturated rings. The lowest BCUT2D eigenvalue weighted by atomic mass is 10.1. The summed E-state index contributed by atoms with van der Waals surface area (Å²) in [6, 6.07) is 5.20. The van der Waals surface area contributed by atoms with Crippen LogP contribution < -0.4 is 0 Å². The van der Waals surface area contributed by atoms with Crippen LogP contribution in [0.25, 0.3) is 0 Å². The minimum Gasteiger partial charge on any atom is -0.508 e. The Kier molecular flexibility index (Phi) is 2.63. The second-order valence-electron chi connectivity index (χ2n) is 2.36. The molecule has 0 aliphatic heterocycles. The molecule has 0 atom stereocenters. The molecule has 0 saturated heterocycles. The molecule has 0 saturated carbocycles. The average molecular weight is 191 g/mol. The predicted octanol–water partition coefficient (Wildman–Crippen LogP) is 3.18. The molecule has 1 N–H and O–H groups in total. The van der Waals surface area contributed by atoms with E-state index in [0.717, 1.165) is 5.56 Å². The Morgan fingerprint density at radius 2 is 2.00 bits per heavy atom. The maximum absolute atomic E-state index is 9.29. The minimum absolute atomic E-state index is 0.153. The van der Waals surface area contributed by atoms with E-state index in [2.05, 4.69) is 0 Å². The normalized spacial score (nSPS) is 10.5. The van der Waals surface area contributed by atoms with Gasteiger partial charge in [-0.05, 0) is 18.6 Å². The second-order valence-corrected chi connectivity index (χ2v) is 3.46. The van der Waals surface area contributed by atoms with Crippen molar-refractivity contribution in [3.63, 3.8) is 0 Å². The Bertz CT molecular complexity index is 258. The number of phenolic OH excluding ortho intramolecular Hbond substituents is 1. The van der Waals surface area contributed by atoms with E-state index in [1.807, 2.05) is 13.0 Å². The quantitative estimate of drug-likeness (QED) is 0.676. The summed E-state index contributed by atoms with van der Waals surface area (Å²) in [7, 11) is 0. The summed E-state index contributed by atoms with van der Waals surface area (Å²) in [4.78, 5) is -0.657. The first-order valence-corrected chi connectivity index (χ1v) is 4.06. The number of benzene rings is 1. The number of halogens is 2.